The Kier molecular flexibility index (Phi) is 6.88. The molecule has 4 heterocycles. The molecule has 2 aromatic carbocycles. The number of carbonyl (C=O) groups is 1. The van der Waals surface area contributed by atoms with Crippen molar-refractivity contribution in [3.63, 3.8) is 0 Å². The van der Waals surface area contributed by atoms with Crippen molar-refractivity contribution in [1.82, 2.24) is 19.5 Å². The van der Waals surface area contributed by atoms with Crippen LogP contribution in [0, 0.1) is 5.92 Å². The van der Waals surface area contributed by atoms with Crippen molar-refractivity contribution < 1.29 is 9.90 Å². The summed E-state index contributed by atoms with van der Waals surface area (Å²) in [6.07, 6.45) is 4.04. The summed E-state index contributed by atoms with van der Waals surface area (Å²) in [5, 5.41) is 19.8. The van der Waals surface area contributed by atoms with E-state index >= 15 is 0 Å². The Bertz CT molecular complexity index is 1460. The summed E-state index contributed by atoms with van der Waals surface area (Å²) in [6, 6.07) is 18.9. The highest BCUT2D eigenvalue weighted by Crippen LogP contribution is 2.36. The summed E-state index contributed by atoms with van der Waals surface area (Å²) in [5.41, 5.74) is 8.96. The van der Waals surface area contributed by atoms with E-state index in [1.807, 2.05) is 71.8 Å². The van der Waals surface area contributed by atoms with E-state index in [9.17, 15) is 9.90 Å². The molecule has 2 aliphatic heterocycles. The lowest BCUT2D eigenvalue weighted by atomic mass is 9.84. The zero-order chi connectivity index (χ0) is 27.0. The number of nitrogens with two attached hydrogens (primary N) is 1. The molecule has 10 heteroatoms. The number of aliphatic hydroxyl groups is 1. The Morgan fingerprint density at radius 1 is 1.08 bits per heavy atom. The van der Waals surface area contributed by atoms with E-state index < -0.39 is 5.60 Å². The molecule has 2 saturated heterocycles. The maximum Gasteiger partial charge on any atom is 0.253 e. The largest absolute Gasteiger partial charge is 0.385 e. The third kappa shape index (κ3) is 5.17. The average molecular weight is 546 g/mol. The van der Waals surface area contributed by atoms with E-state index in [-0.39, 0.29) is 5.91 Å². The van der Waals surface area contributed by atoms with Gasteiger partial charge in [-0.15, -0.1) is 5.10 Å². The van der Waals surface area contributed by atoms with Gasteiger partial charge in [0.25, 0.3) is 5.91 Å². The van der Waals surface area contributed by atoms with Gasteiger partial charge in [0.05, 0.1) is 11.3 Å². The van der Waals surface area contributed by atoms with Gasteiger partial charge in [-0.2, -0.15) is 4.98 Å². The number of carbonyl (C=O) groups excluding carboxylic acids is 1. The van der Waals surface area contributed by atoms with Gasteiger partial charge in [0.2, 0.25) is 5.95 Å². The minimum Gasteiger partial charge on any atom is -0.385 e. The van der Waals surface area contributed by atoms with Crippen LogP contribution in [0.5, 0.6) is 0 Å². The van der Waals surface area contributed by atoms with E-state index in [0.29, 0.717) is 54.9 Å². The van der Waals surface area contributed by atoms with Crippen LogP contribution < -0.4 is 16.0 Å². The molecule has 0 bridgehead atoms. The molecule has 0 spiro atoms. The Hall–Kier alpha value is -3.66. The monoisotopic (exact) mass is 545 g/mol. The van der Waals surface area contributed by atoms with E-state index in [2.05, 4.69) is 15.3 Å². The molecule has 202 valence electrons. The number of nitrogens with one attached hydrogen (secondary N) is 1. The predicted molar refractivity (Wildman–Crippen MR) is 153 cm³/mol. The van der Waals surface area contributed by atoms with E-state index in [1.54, 1.807) is 4.52 Å². The number of pyridine rings is 1. The average Bonchev–Trinajstić information content (AvgIpc) is 3.61. The number of hydrogen-bond acceptors (Lipinski definition) is 7. The Balaban J connectivity index is 1.14. The zero-order valence-electron chi connectivity index (χ0n) is 21.6. The summed E-state index contributed by atoms with van der Waals surface area (Å²) in [4.78, 5) is 21.7. The lowest BCUT2D eigenvalue weighted by molar-refractivity contribution is 0.0118. The van der Waals surface area contributed by atoms with Crippen LogP contribution >= 0.6 is 11.6 Å². The molecule has 4 N–H and O–H groups in total. The fourth-order valence-electron chi connectivity index (χ4n) is 5.58. The standard InChI is InChI=1S/C29H32ClN7O2/c30-23-7-5-22(6-8-23)29(39)12-16-35(17-13-29)25-2-1-14-37-26(25)33-28(34-37)32-24-9-3-21(4-10-24)27(38)36-15-11-20(18-31)19-36/h1-10,14,20,39H,11-13,15-19,31H2,(H,32,34). The molecule has 9 nitrogen and oxygen atoms in total. The Labute approximate surface area is 232 Å². The topological polar surface area (TPSA) is 112 Å². The van der Waals surface area contributed by atoms with Gasteiger partial charge in [-0.1, -0.05) is 23.7 Å². The molecule has 1 unspecified atom stereocenters. The highest BCUT2D eigenvalue weighted by molar-refractivity contribution is 6.30. The van der Waals surface area contributed by atoms with Crippen molar-refractivity contribution in [3.05, 3.63) is 83.0 Å². The summed E-state index contributed by atoms with van der Waals surface area (Å²) in [6.45, 7) is 3.47. The Morgan fingerprint density at radius 2 is 1.82 bits per heavy atom. The smallest absolute Gasteiger partial charge is 0.253 e. The molecule has 6 rings (SSSR count). The number of rotatable bonds is 6. The van der Waals surface area contributed by atoms with Crippen LogP contribution in [0.3, 0.4) is 0 Å². The first-order valence-electron chi connectivity index (χ1n) is 13.4. The lowest BCUT2D eigenvalue weighted by Crippen LogP contribution is -2.42. The first kappa shape index (κ1) is 25.6. The van der Waals surface area contributed by atoms with Gasteiger partial charge < -0.3 is 26.0 Å². The second kappa shape index (κ2) is 10.5. The normalized spacial score (nSPS) is 19.0. The van der Waals surface area contributed by atoms with Crippen LogP contribution in [-0.4, -0.2) is 63.2 Å². The number of aromatic nitrogens is 3. The summed E-state index contributed by atoms with van der Waals surface area (Å²) in [5.74, 6) is 0.902. The number of halogens is 1. The van der Waals surface area contributed by atoms with Gasteiger partial charge in [-0.05, 0) is 85.8 Å². The van der Waals surface area contributed by atoms with Gasteiger partial charge in [0.15, 0.2) is 5.65 Å². The van der Waals surface area contributed by atoms with Gasteiger partial charge in [0.1, 0.15) is 0 Å². The second-order valence-electron chi connectivity index (χ2n) is 10.5. The molecule has 1 amide bonds. The van der Waals surface area contributed by atoms with Crippen LogP contribution in [0.2, 0.25) is 5.02 Å². The zero-order valence-corrected chi connectivity index (χ0v) is 22.4. The van der Waals surface area contributed by atoms with E-state index in [0.717, 1.165) is 42.1 Å². The molecule has 2 aliphatic rings. The predicted octanol–water partition coefficient (Wildman–Crippen LogP) is 4.04. The highest BCUT2D eigenvalue weighted by Gasteiger charge is 2.34. The SMILES string of the molecule is NCC1CCN(C(=O)c2ccc(Nc3nc4c(N5CCC(O)(c6ccc(Cl)cc6)CC5)cccn4n3)cc2)C1. The molecule has 2 aromatic heterocycles. The fraction of sp³-hybridized carbons (Fsp3) is 0.345. The van der Waals surface area contributed by atoms with Gasteiger partial charge >= 0.3 is 0 Å². The van der Waals surface area contributed by atoms with Crippen molar-refractivity contribution in [2.75, 3.05) is 42.9 Å². The third-order valence-electron chi connectivity index (χ3n) is 7.95. The molecule has 4 aromatic rings. The van der Waals surface area contributed by atoms with Crippen molar-refractivity contribution in [3.8, 4) is 0 Å². The van der Waals surface area contributed by atoms with Crippen molar-refractivity contribution in [2.45, 2.75) is 24.9 Å². The van der Waals surface area contributed by atoms with E-state index in [1.165, 1.54) is 0 Å². The second-order valence-corrected chi connectivity index (χ2v) is 10.9. The number of amides is 1. The Morgan fingerprint density at radius 3 is 2.51 bits per heavy atom. The van der Waals surface area contributed by atoms with Gasteiger partial charge in [-0.3, -0.25) is 4.79 Å². The van der Waals surface area contributed by atoms with Crippen molar-refractivity contribution >= 4 is 40.5 Å². The summed E-state index contributed by atoms with van der Waals surface area (Å²) >= 11 is 6.03. The number of hydrogen-bond donors (Lipinski definition) is 3. The van der Waals surface area contributed by atoms with Crippen LogP contribution in [0.1, 0.15) is 35.2 Å². The summed E-state index contributed by atoms with van der Waals surface area (Å²) in [7, 11) is 0. The number of anilines is 3. The van der Waals surface area contributed by atoms with Crippen LogP contribution in [0.15, 0.2) is 66.9 Å². The third-order valence-corrected chi connectivity index (χ3v) is 8.20. The van der Waals surface area contributed by atoms with Crippen LogP contribution in [-0.2, 0) is 5.60 Å². The lowest BCUT2D eigenvalue weighted by Gasteiger charge is -2.39. The number of fused-ring (bicyclic) bond motifs is 1. The maximum atomic E-state index is 12.8. The molecule has 2 fully saturated rings. The van der Waals surface area contributed by atoms with E-state index in [4.69, 9.17) is 22.3 Å². The quantitative estimate of drug-likeness (QED) is 0.335. The molecular formula is C29H32ClN7O2. The molecule has 1 atom stereocenters. The molecule has 39 heavy (non-hydrogen) atoms. The molecular weight excluding hydrogens is 514 g/mol. The number of piperidine rings is 1. The van der Waals surface area contributed by atoms with Crippen molar-refractivity contribution in [1.29, 1.82) is 0 Å². The van der Waals surface area contributed by atoms with Crippen LogP contribution in [0.4, 0.5) is 17.3 Å². The van der Waals surface area contributed by atoms with Crippen molar-refractivity contribution in [2.24, 2.45) is 11.7 Å². The van der Waals surface area contributed by atoms with Crippen LogP contribution in [0.25, 0.3) is 5.65 Å². The maximum absolute atomic E-state index is 12.8. The van der Waals surface area contributed by atoms with Gasteiger partial charge in [0, 0.05) is 48.6 Å². The minimum atomic E-state index is -0.874. The number of nitrogens with zero attached hydrogens (tertiary/aromatic N) is 5. The molecule has 0 radical (unpaired) electrons. The number of likely N-dealkylation sites (tertiary alicyclic amines) is 1. The van der Waals surface area contributed by atoms with Gasteiger partial charge in [-0.25, -0.2) is 4.52 Å². The first-order chi connectivity index (χ1) is 18.9. The fourth-order valence-corrected chi connectivity index (χ4v) is 5.70. The highest BCUT2D eigenvalue weighted by atomic mass is 35.5. The molecule has 0 aliphatic carbocycles. The first-order valence-corrected chi connectivity index (χ1v) is 13.7. The minimum absolute atomic E-state index is 0.0393. The number of benzene rings is 2. The molecule has 0 saturated carbocycles. The summed E-state index contributed by atoms with van der Waals surface area (Å²) < 4.78 is 1.76.